The van der Waals surface area contributed by atoms with Crippen molar-refractivity contribution in [2.45, 2.75) is 19.6 Å². The average Bonchev–Trinajstić information content (AvgIpc) is 2.27. The summed E-state index contributed by atoms with van der Waals surface area (Å²) < 4.78 is 0. The standard InChI is InChI=1S/C11H13NO3/c13-7-9-3-1-2-8-6-12(11(14)15)5-4-10(8)9/h1-3,13H,4-7H2,(H,14,15). The van der Waals surface area contributed by atoms with Crippen LogP contribution in [-0.2, 0) is 19.6 Å². The zero-order valence-corrected chi connectivity index (χ0v) is 8.31. The minimum Gasteiger partial charge on any atom is -0.465 e. The highest BCUT2D eigenvalue weighted by atomic mass is 16.4. The van der Waals surface area contributed by atoms with E-state index in [1.54, 1.807) is 0 Å². The summed E-state index contributed by atoms with van der Waals surface area (Å²) in [5, 5.41) is 18.0. The first-order valence-corrected chi connectivity index (χ1v) is 4.90. The van der Waals surface area contributed by atoms with Gasteiger partial charge in [-0.05, 0) is 23.1 Å². The Morgan fingerprint density at radius 3 is 2.93 bits per heavy atom. The van der Waals surface area contributed by atoms with E-state index in [1.165, 1.54) is 4.90 Å². The molecule has 1 aliphatic heterocycles. The van der Waals surface area contributed by atoms with Crippen LogP contribution in [0.1, 0.15) is 16.7 Å². The lowest BCUT2D eigenvalue weighted by molar-refractivity contribution is 0.139. The number of aliphatic hydroxyl groups excluding tert-OH is 1. The van der Waals surface area contributed by atoms with Crippen LogP contribution in [0.2, 0.25) is 0 Å². The van der Waals surface area contributed by atoms with Crippen LogP contribution in [0.25, 0.3) is 0 Å². The third kappa shape index (κ3) is 1.80. The number of aliphatic hydroxyl groups is 1. The van der Waals surface area contributed by atoms with Gasteiger partial charge in [-0.1, -0.05) is 18.2 Å². The molecule has 4 nitrogen and oxygen atoms in total. The second-order valence-electron chi connectivity index (χ2n) is 3.67. The summed E-state index contributed by atoms with van der Waals surface area (Å²) in [6.07, 6.45) is -0.187. The maximum Gasteiger partial charge on any atom is 0.407 e. The molecule has 1 heterocycles. The molecule has 1 amide bonds. The molecule has 2 rings (SSSR count). The number of fused-ring (bicyclic) bond motifs is 1. The highest BCUT2D eigenvalue weighted by molar-refractivity contribution is 5.65. The SMILES string of the molecule is O=C(O)N1CCc2c(CO)cccc2C1. The highest BCUT2D eigenvalue weighted by Gasteiger charge is 2.21. The lowest BCUT2D eigenvalue weighted by Gasteiger charge is -2.27. The fourth-order valence-corrected chi connectivity index (χ4v) is 2.00. The zero-order valence-electron chi connectivity index (χ0n) is 8.31. The molecule has 1 aromatic rings. The Labute approximate surface area is 87.8 Å². The first-order chi connectivity index (χ1) is 7.22. The highest BCUT2D eigenvalue weighted by Crippen LogP contribution is 2.22. The van der Waals surface area contributed by atoms with Gasteiger partial charge in [0.25, 0.3) is 0 Å². The molecular weight excluding hydrogens is 194 g/mol. The quantitative estimate of drug-likeness (QED) is 0.727. The van der Waals surface area contributed by atoms with Gasteiger partial charge >= 0.3 is 6.09 Å². The van der Waals surface area contributed by atoms with Crippen LogP contribution < -0.4 is 0 Å². The molecule has 0 saturated carbocycles. The summed E-state index contributed by atoms with van der Waals surface area (Å²) in [5.41, 5.74) is 3.03. The summed E-state index contributed by atoms with van der Waals surface area (Å²) in [5.74, 6) is 0. The van der Waals surface area contributed by atoms with E-state index in [4.69, 9.17) is 10.2 Å². The van der Waals surface area contributed by atoms with E-state index in [1.807, 2.05) is 18.2 Å². The monoisotopic (exact) mass is 207 g/mol. The summed E-state index contributed by atoms with van der Waals surface area (Å²) >= 11 is 0. The van der Waals surface area contributed by atoms with E-state index in [0.717, 1.165) is 16.7 Å². The van der Waals surface area contributed by atoms with Crippen LogP contribution >= 0.6 is 0 Å². The van der Waals surface area contributed by atoms with Crippen LogP contribution in [0.3, 0.4) is 0 Å². The Kier molecular flexibility index (Phi) is 2.60. The predicted molar refractivity (Wildman–Crippen MR) is 54.5 cm³/mol. The molecule has 0 fully saturated rings. The largest absolute Gasteiger partial charge is 0.465 e. The molecule has 0 saturated heterocycles. The summed E-state index contributed by atoms with van der Waals surface area (Å²) in [6.45, 7) is 0.966. The molecule has 0 atom stereocenters. The van der Waals surface area contributed by atoms with Gasteiger partial charge < -0.3 is 15.1 Å². The molecule has 1 aromatic carbocycles. The van der Waals surface area contributed by atoms with Crippen molar-refractivity contribution in [2.75, 3.05) is 6.54 Å². The van der Waals surface area contributed by atoms with Gasteiger partial charge in [0.1, 0.15) is 0 Å². The summed E-state index contributed by atoms with van der Waals surface area (Å²) in [6, 6.07) is 5.66. The Morgan fingerprint density at radius 1 is 1.47 bits per heavy atom. The zero-order chi connectivity index (χ0) is 10.8. The van der Waals surface area contributed by atoms with E-state index in [9.17, 15) is 4.79 Å². The van der Waals surface area contributed by atoms with Crippen molar-refractivity contribution in [2.24, 2.45) is 0 Å². The number of hydrogen-bond acceptors (Lipinski definition) is 2. The van der Waals surface area contributed by atoms with E-state index in [2.05, 4.69) is 0 Å². The fourth-order valence-electron chi connectivity index (χ4n) is 2.00. The second kappa shape index (κ2) is 3.90. The van der Waals surface area contributed by atoms with E-state index in [0.29, 0.717) is 19.5 Å². The molecule has 80 valence electrons. The van der Waals surface area contributed by atoms with Crippen molar-refractivity contribution in [1.29, 1.82) is 0 Å². The molecule has 4 heteroatoms. The third-order valence-electron chi connectivity index (χ3n) is 2.80. The topological polar surface area (TPSA) is 60.8 Å². The normalized spacial score (nSPS) is 14.9. The maximum atomic E-state index is 10.8. The van der Waals surface area contributed by atoms with Crippen molar-refractivity contribution < 1.29 is 15.0 Å². The predicted octanol–water partition coefficient (Wildman–Crippen LogP) is 1.22. The van der Waals surface area contributed by atoms with Gasteiger partial charge in [-0.25, -0.2) is 4.79 Å². The molecule has 0 spiro atoms. The number of carboxylic acid groups (broad SMARTS) is 1. The lowest BCUT2D eigenvalue weighted by Crippen LogP contribution is -2.35. The van der Waals surface area contributed by atoms with Crippen molar-refractivity contribution in [3.05, 3.63) is 34.9 Å². The first-order valence-electron chi connectivity index (χ1n) is 4.90. The number of rotatable bonds is 1. The average molecular weight is 207 g/mol. The second-order valence-corrected chi connectivity index (χ2v) is 3.67. The fraction of sp³-hybridized carbons (Fsp3) is 0.364. The van der Waals surface area contributed by atoms with Gasteiger partial charge in [0.2, 0.25) is 0 Å². The molecule has 0 radical (unpaired) electrons. The van der Waals surface area contributed by atoms with Crippen LogP contribution in [0.4, 0.5) is 4.79 Å². The van der Waals surface area contributed by atoms with Gasteiger partial charge in [-0.3, -0.25) is 0 Å². The molecule has 1 aliphatic rings. The van der Waals surface area contributed by atoms with E-state index < -0.39 is 6.09 Å². The Bertz CT molecular complexity index is 389. The minimum absolute atomic E-state index is 0.0241. The number of benzene rings is 1. The number of hydrogen-bond donors (Lipinski definition) is 2. The van der Waals surface area contributed by atoms with Gasteiger partial charge in [0, 0.05) is 13.1 Å². The molecular formula is C11H13NO3. The third-order valence-corrected chi connectivity index (χ3v) is 2.80. The molecule has 2 N–H and O–H groups in total. The van der Waals surface area contributed by atoms with Crippen LogP contribution in [-0.4, -0.2) is 27.8 Å². The van der Waals surface area contributed by atoms with Gasteiger partial charge in [-0.15, -0.1) is 0 Å². The number of amides is 1. The van der Waals surface area contributed by atoms with Crippen LogP contribution in [0.15, 0.2) is 18.2 Å². The Hall–Kier alpha value is -1.55. The number of nitrogens with zero attached hydrogens (tertiary/aromatic N) is 1. The van der Waals surface area contributed by atoms with E-state index >= 15 is 0 Å². The van der Waals surface area contributed by atoms with Gasteiger partial charge in [0.15, 0.2) is 0 Å². The molecule has 0 aliphatic carbocycles. The maximum absolute atomic E-state index is 10.8. The van der Waals surface area contributed by atoms with Crippen molar-refractivity contribution >= 4 is 6.09 Å². The van der Waals surface area contributed by atoms with Crippen LogP contribution in [0.5, 0.6) is 0 Å². The first kappa shape index (κ1) is 9.98. The molecule has 0 bridgehead atoms. The van der Waals surface area contributed by atoms with Gasteiger partial charge in [-0.2, -0.15) is 0 Å². The van der Waals surface area contributed by atoms with Gasteiger partial charge in [0.05, 0.1) is 6.61 Å². The van der Waals surface area contributed by atoms with Crippen molar-refractivity contribution in [3.8, 4) is 0 Å². The molecule has 15 heavy (non-hydrogen) atoms. The Balaban J connectivity index is 2.31. The smallest absolute Gasteiger partial charge is 0.407 e. The molecule has 0 aromatic heterocycles. The van der Waals surface area contributed by atoms with Crippen molar-refractivity contribution in [1.82, 2.24) is 4.90 Å². The van der Waals surface area contributed by atoms with E-state index in [-0.39, 0.29) is 6.61 Å². The number of carbonyl (C=O) groups is 1. The molecule has 0 unspecified atom stereocenters. The van der Waals surface area contributed by atoms with Crippen LogP contribution in [0, 0.1) is 0 Å². The van der Waals surface area contributed by atoms with Crippen molar-refractivity contribution in [3.63, 3.8) is 0 Å². The summed E-state index contributed by atoms with van der Waals surface area (Å²) in [4.78, 5) is 12.2. The lowest BCUT2D eigenvalue weighted by atomic mass is 9.95. The Morgan fingerprint density at radius 2 is 2.27 bits per heavy atom. The summed E-state index contributed by atoms with van der Waals surface area (Å²) in [7, 11) is 0. The minimum atomic E-state index is -0.880.